The zero-order valence-electron chi connectivity index (χ0n) is 21.0. The van der Waals surface area contributed by atoms with Crippen LogP contribution >= 0.6 is 0 Å². The Labute approximate surface area is 214 Å². The third kappa shape index (κ3) is 4.91. The van der Waals surface area contributed by atoms with Crippen molar-refractivity contribution in [2.45, 2.75) is 19.5 Å². The fourth-order valence-electron chi connectivity index (χ4n) is 4.42. The molecule has 0 aromatic heterocycles. The first-order valence-corrected chi connectivity index (χ1v) is 11.5. The van der Waals surface area contributed by atoms with E-state index in [1.807, 2.05) is 6.92 Å². The molecule has 1 unspecified atom stereocenters. The first-order chi connectivity index (χ1) is 17.8. The third-order valence-corrected chi connectivity index (χ3v) is 6.37. The van der Waals surface area contributed by atoms with E-state index in [1.165, 1.54) is 12.0 Å². The highest BCUT2D eigenvalue weighted by atomic mass is 16.5. The number of benzene rings is 3. The van der Waals surface area contributed by atoms with Crippen molar-refractivity contribution in [1.29, 1.82) is 0 Å². The summed E-state index contributed by atoms with van der Waals surface area (Å²) in [4.78, 5) is 39.8. The zero-order valence-corrected chi connectivity index (χ0v) is 21.0. The summed E-state index contributed by atoms with van der Waals surface area (Å²) in [5.41, 5.74) is 2.87. The quantitative estimate of drug-likeness (QED) is 0.221. The summed E-state index contributed by atoms with van der Waals surface area (Å²) in [5, 5.41) is 11.3. The van der Waals surface area contributed by atoms with Crippen molar-refractivity contribution in [3.05, 3.63) is 100 Å². The number of nitrogens with zero attached hydrogens (tertiary/aromatic N) is 1. The molecule has 1 atom stereocenters. The monoisotopic (exact) mass is 501 g/mol. The molecule has 8 heteroatoms. The molecule has 8 nitrogen and oxygen atoms in total. The molecule has 190 valence electrons. The summed E-state index contributed by atoms with van der Waals surface area (Å²) in [7, 11) is 4.40. The summed E-state index contributed by atoms with van der Waals surface area (Å²) < 4.78 is 15.3. The molecule has 1 heterocycles. The zero-order chi connectivity index (χ0) is 26.7. The molecule has 1 N–H and O–H groups in total. The minimum absolute atomic E-state index is 0.00841. The topological polar surface area (TPSA) is 102 Å². The Morgan fingerprint density at radius 3 is 2.11 bits per heavy atom. The summed E-state index contributed by atoms with van der Waals surface area (Å²) in [6, 6.07) is 17.8. The van der Waals surface area contributed by atoms with Crippen LogP contribution in [0.2, 0.25) is 0 Å². The van der Waals surface area contributed by atoms with Crippen LogP contribution in [0.5, 0.6) is 11.5 Å². The fourth-order valence-corrected chi connectivity index (χ4v) is 4.42. The van der Waals surface area contributed by atoms with Crippen molar-refractivity contribution in [3.63, 3.8) is 0 Å². The number of hydrogen-bond acceptors (Lipinski definition) is 7. The summed E-state index contributed by atoms with van der Waals surface area (Å²) >= 11 is 0. The van der Waals surface area contributed by atoms with E-state index in [1.54, 1.807) is 80.9 Å². The average molecular weight is 502 g/mol. The molecule has 3 aromatic carbocycles. The highest BCUT2D eigenvalue weighted by molar-refractivity contribution is 6.46. The van der Waals surface area contributed by atoms with Crippen molar-refractivity contribution in [1.82, 2.24) is 4.90 Å². The minimum Gasteiger partial charge on any atom is -0.507 e. The van der Waals surface area contributed by atoms with Gasteiger partial charge in [-0.25, -0.2) is 4.79 Å². The number of rotatable bonds is 7. The number of aliphatic hydroxyl groups is 1. The smallest absolute Gasteiger partial charge is 0.337 e. The normalized spacial score (nSPS) is 16.5. The van der Waals surface area contributed by atoms with Gasteiger partial charge in [-0.05, 0) is 66.1 Å². The van der Waals surface area contributed by atoms with Crippen molar-refractivity contribution in [3.8, 4) is 11.5 Å². The van der Waals surface area contributed by atoms with E-state index in [9.17, 15) is 19.5 Å². The molecule has 0 saturated carbocycles. The molecule has 37 heavy (non-hydrogen) atoms. The lowest BCUT2D eigenvalue weighted by Gasteiger charge is -2.25. The molecule has 1 fully saturated rings. The van der Waals surface area contributed by atoms with Crippen molar-refractivity contribution in [2.75, 3.05) is 21.3 Å². The highest BCUT2D eigenvalue weighted by Crippen LogP contribution is 2.41. The molecule has 1 amide bonds. The van der Waals surface area contributed by atoms with Gasteiger partial charge in [0.15, 0.2) is 0 Å². The van der Waals surface area contributed by atoms with Gasteiger partial charge >= 0.3 is 5.97 Å². The lowest BCUT2D eigenvalue weighted by molar-refractivity contribution is -0.140. The highest BCUT2D eigenvalue weighted by Gasteiger charge is 2.46. The predicted molar refractivity (Wildman–Crippen MR) is 136 cm³/mol. The van der Waals surface area contributed by atoms with Gasteiger partial charge < -0.3 is 24.2 Å². The number of amides is 1. The Balaban J connectivity index is 1.80. The van der Waals surface area contributed by atoms with E-state index in [0.29, 0.717) is 33.8 Å². The van der Waals surface area contributed by atoms with Crippen LogP contribution in [0, 0.1) is 6.92 Å². The minimum atomic E-state index is -0.839. The fraction of sp³-hybridized carbons (Fsp3) is 0.207. The Hall–Kier alpha value is -4.59. The van der Waals surface area contributed by atoms with Crippen LogP contribution in [-0.4, -0.2) is 49.0 Å². The molecule has 3 aromatic rings. The first-order valence-electron chi connectivity index (χ1n) is 11.5. The number of Topliss-reactive ketones (excluding diaryl/α,β-unsaturated/α-hetero) is 1. The number of hydrogen-bond donors (Lipinski definition) is 1. The molecule has 1 aliphatic rings. The van der Waals surface area contributed by atoms with Crippen LogP contribution in [0.3, 0.4) is 0 Å². The van der Waals surface area contributed by atoms with Crippen LogP contribution < -0.4 is 9.47 Å². The van der Waals surface area contributed by atoms with Crippen molar-refractivity contribution >= 4 is 23.4 Å². The number of ether oxygens (including phenoxy) is 3. The standard InChI is InChI=1S/C29H27NO7/c1-17-15-21(11-14-23(17)36-3)26(31)24-25(19-9-12-22(35-2)13-10-19)30(28(33)27(24)32)16-18-5-7-20(8-6-18)29(34)37-4/h5-15,25,31H,16H2,1-4H3/b26-24-. The van der Waals surface area contributed by atoms with E-state index < -0.39 is 23.7 Å². The van der Waals surface area contributed by atoms with Crippen molar-refractivity contribution in [2.24, 2.45) is 0 Å². The summed E-state index contributed by atoms with van der Waals surface area (Å²) in [5.74, 6) is -1.000. The van der Waals surface area contributed by atoms with E-state index in [2.05, 4.69) is 0 Å². The molecule has 1 aliphatic heterocycles. The number of methoxy groups -OCH3 is 3. The molecule has 1 saturated heterocycles. The van der Waals surface area contributed by atoms with Gasteiger partial charge in [0.1, 0.15) is 17.3 Å². The number of aliphatic hydroxyl groups excluding tert-OH is 1. The molecule has 0 bridgehead atoms. The van der Waals surface area contributed by atoms with E-state index >= 15 is 0 Å². The van der Waals surface area contributed by atoms with Gasteiger partial charge in [-0.3, -0.25) is 9.59 Å². The van der Waals surface area contributed by atoms with Gasteiger partial charge in [-0.2, -0.15) is 0 Å². The van der Waals surface area contributed by atoms with Crippen LogP contribution in [-0.2, 0) is 20.9 Å². The van der Waals surface area contributed by atoms with Gasteiger partial charge in [-0.1, -0.05) is 24.3 Å². The maximum Gasteiger partial charge on any atom is 0.337 e. The number of aryl methyl sites for hydroxylation is 1. The average Bonchev–Trinajstić information content (AvgIpc) is 3.17. The Morgan fingerprint density at radius 2 is 1.54 bits per heavy atom. The molecule has 0 radical (unpaired) electrons. The van der Waals surface area contributed by atoms with Gasteiger partial charge in [0.25, 0.3) is 11.7 Å². The largest absolute Gasteiger partial charge is 0.507 e. The Bertz CT molecular complexity index is 1370. The van der Waals surface area contributed by atoms with Crippen LogP contribution in [0.25, 0.3) is 5.76 Å². The second-order valence-corrected chi connectivity index (χ2v) is 8.57. The maximum atomic E-state index is 13.3. The Kier molecular flexibility index (Phi) is 7.29. The van der Waals surface area contributed by atoms with Crippen LogP contribution in [0.15, 0.2) is 72.3 Å². The van der Waals surface area contributed by atoms with Crippen molar-refractivity contribution < 1.29 is 33.7 Å². The SMILES string of the molecule is COC(=O)c1ccc(CN2C(=O)C(=O)/C(=C(\O)c3ccc(OC)c(C)c3)C2c2ccc(OC)cc2)cc1. The second-order valence-electron chi connectivity index (χ2n) is 8.57. The molecule has 4 rings (SSSR count). The molecular weight excluding hydrogens is 474 g/mol. The van der Waals surface area contributed by atoms with Gasteiger partial charge in [0.2, 0.25) is 0 Å². The molecule has 0 spiro atoms. The molecule has 0 aliphatic carbocycles. The number of ketones is 1. The van der Waals surface area contributed by atoms with Gasteiger partial charge in [0.05, 0.1) is 38.5 Å². The van der Waals surface area contributed by atoms with Crippen LogP contribution in [0.4, 0.5) is 0 Å². The van der Waals surface area contributed by atoms with Gasteiger partial charge in [0, 0.05) is 12.1 Å². The summed E-state index contributed by atoms with van der Waals surface area (Å²) in [6.45, 7) is 1.91. The van der Waals surface area contributed by atoms with Crippen LogP contribution in [0.1, 0.15) is 38.7 Å². The lowest BCUT2D eigenvalue weighted by atomic mass is 9.94. The number of carbonyl (C=O) groups excluding carboxylic acids is 3. The second kappa shape index (κ2) is 10.6. The van der Waals surface area contributed by atoms with E-state index in [0.717, 1.165) is 5.56 Å². The van der Waals surface area contributed by atoms with E-state index in [-0.39, 0.29) is 17.9 Å². The molecular formula is C29H27NO7. The van der Waals surface area contributed by atoms with E-state index in [4.69, 9.17) is 14.2 Å². The predicted octanol–water partition coefficient (Wildman–Crippen LogP) is 4.42. The number of carbonyl (C=O) groups is 3. The maximum absolute atomic E-state index is 13.3. The third-order valence-electron chi connectivity index (χ3n) is 6.37. The number of esters is 1. The summed E-state index contributed by atoms with van der Waals surface area (Å²) in [6.07, 6.45) is 0. The first kappa shape index (κ1) is 25.5. The Morgan fingerprint density at radius 1 is 0.892 bits per heavy atom. The lowest BCUT2D eigenvalue weighted by Crippen LogP contribution is -2.29. The number of likely N-dealkylation sites (tertiary alicyclic amines) is 1. The van der Waals surface area contributed by atoms with Gasteiger partial charge in [-0.15, -0.1) is 0 Å².